The van der Waals surface area contributed by atoms with Gasteiger partial charge in [-0.15, -0.1) is 0 Å². The largest absolute Gasteiger partial charge is 0.497 e. The van der Waals surface area contributed by atoms with Crippen molar-refractivity contribution in [2.24, 2.45) is 0 Å². The molecule has 0 aliphatic heterocycles. The Hall–Kier alpha value is -2.79. The lowest BCUT2D eigenvalue weighted by molar-refractivity contribution is -0.139. The summed E-state index contributed by atoms with van der Waals surface area (Å²) in [6.45, 7) is 4.84. The van der Waals surface area contributed by atoms with Crippen molar-refractivity contribution in [2.45, 2.75) is 39.4 Å². The van der Waals surface area contributed by atoms with E-state index in [-0.39, 0.29) is 29.9 Å². The summed E-state index contributed by atoms with van der Waals surface area (Å²) in [5.74, 6) is -0.231. The van der Waals surface area contributed by atoms with Crippen molar-refractivity contribution in [3.63, 3.8) is 0 Å². The number of sulfonamides is 1. The Morgan fingerprint density at radius 3 is 2.29 bits per heavy atom. The molecule has 35 heavy (non-hydrogen) atoms. The fourth-order valence-corrected chi connectivity index (χ4v) is 4.70. The Labute approximate surface area is 215 Å². The van der Waals surface area contributed by atoms with Gasteiger partial charge in [-0.2, -0.15) is 0 Å². The zero-order valence-corrected chi connectivity index (χ0v) is 23.1. The number of hydrogen-bond donors (Lipinski definition) is 1. The highest BCUT2D eigenvalue weighted by Crippen LogP contribution is 2.34. The van der Waals surface area contributed by atoms with E-state index in [1.807, 2.05) is 38.1 Å². The van der Waals surface area contributed by atoms with Gasteiger partial charge in [0.25, 0.3) is 0 Å². The van der Waals surface area contributed by atoms with Crippen molar-refractivity contribution in [1.82, 2.24) is 10.2 Å². The second-order valence-electron chi connectivity index (χ2n) is 8.30. The summed E-state index contributed by atoms with van der Waals surface area (Å²) in [5.41, 5.74) is 0.936. The third-order valence-electron chi connectivity index (χ3n) is 5.17. The lowest BCUT2D eigenvalue weighted by Gasteiger charge is -2.32. The SMILES string of the molecule is COc1ccc(OC)c(N(CC(=O)N(Cc2cccc(Br)c2)C(C)C(=O)NC(C)C)S(C)(=O)=O)c1. The van der Waals surface area contributed by atoms with Gasteiger partial charge in [0.05, 0.1) is 26.2 Å². The van der Waals surface area contributed by atoms with Gasteiger partial charge in [-0.25, -0.2) is 8.42 Å². The summed E-state index contributed by atoms with van der Waals surface area (Å²) >= 11 is 3.42. The monoisotopic (exact) mass is 569 g/mol. The predicted octanol–water partition coefficient (Wildman–Crippen LogP) is 3.17. The molecule has 0 aliphatic carbocycles. The van der Waals surface area contributed by atoms with Crippen molar-refractivity contribution < 1.29 is 27.5 Å². The van der Waals surface area contributed by atoms with Crippen LogP contribution in [0.4, 0.5) is 5.69 Å². The Bertz CT molecular complexity index is 1160. The lowest BCUT2D eigenvalue weighted by Crippen LogP contribution is -2.52. The van der Waals surface area contributed by atoms with E-state index in [1.165, 1.54) is 25.2 Å². The second kappa shape index (κ2) is 12.3. The van der Waals surface area contributed by atoms with Crippen molar-refractivity contribution in [3.05, 3.63) is 52.5 Å². The molecule has 0 saturated heterocycles. The first-order chi connectivity index (χ1) is 16.4. The molecule has 2 amide bonds. The summed E-state index contributed by atoms with van der Waals surface area (Å²) in [4.78, 5) is 27.8. The highest BCUT2D eigenvalue weighted by atomic mass is 79.9. The number of carbonyl (C=O) groups excluding carboxylic acids is 2. The molecule has 0 heterocycles. The van der Waals surface area contributed by atoms with Crippen LogP contribution in [0.15, 0.2) is 46.9 Å². The molecule has 0 spiro atoms. The van der Waals surface area contributed by atoms with Crippen molar-refractivity contribution in [3.8, 4) is 11.5 Å². The molecule has 2 aromatic carbocycles. The third kappa shape index (κ3) is 7.86. The number of benzene rings is 2. The summed E-state index contributed by atoms with van der Waals surface area (Å²) < 4.78 is 37.9. The normalized spacial score (nSPS) is 12.1. The van der Waals surface area contributed by atoms with Gasteiger partial charge in [-0.05, 0) is 50.6 Å². The maximum atomic E-state index is 13.6. The summed E-state index contributed by atoms with van der Waals surface area (Å²) in [6, 6.07) is 11.1. The fourth-order valence-electron chi connectivity index (χ4n) is 3.41. The molecule has 0 radical (unpaired) electrons. The molecule has 0 saturated carbocycles. The number of hydrogen-bond acceptors (Lipinski definition) is 6. The lowest BCUT2D eigenvalue weighted by atomic mass is 10.1. The number of nitrogens with one attached hydrogen (secondary N) is 1. The number of halogens is 1. The van der Waals surface area contributed by atoms with Crippen LogP contribution in [0.3, 0.4) is 0 Å². The number of nitrogens with zero attached hydrogens (tertiary/aromatic N) is 2. The van der Waals surface area contributed by atoms with E-state index in [2.05, 4.69) is 21.2 Å². The molecule has 1 unspecified atom stereocenters. The standard InChI is InChI=1S/C24H32BrN3O6S/c1-16(2)26-24(30)17(3)27(14-18-8-7-9-19(25)12-18)23(29)15-28(35(6,31)32)21-13-20(33-4)10-11-22(21)34-5/h7-13,16-17H,14-15H2,1-6H3,(H,26,30). The molecular weight excluding hydrogens is 538 g/mol. The van der Waals surface area contributed by atoms with Gasteiger partial charge in [0.1, 0.15) is 24.1 Å². The maximum absolute atomic E-state index is 13.6. The number of anilines is 1. The summed E-state index contributed by atoms with van der Waals surface area (Å²) in [5, 5.41) is 2.81. The molecule has 2 rings (SSSR count). The zero-order valence-electron chi connectivity index (χ0n) is 20.7. The van der Waals surface area contributed by atoms with E-state index in [0.717, 1.165) is 20.6 Å². The Morgan fingerprint density at radius 1 is 1.06 bits per heavy atom. The molecule has 1 atom stereocenters. The molecule has 0 bridgehead atoms. The molecule has 0 aromatic heterocycles. The van der Waals surface area contributed by atoms with Gasteiger partial charge < -0.3 is 19.7 Å². The van der Waals surface area contributed by atoms with E-state index in [1.54, 1.807) is 19.1 Å². The number of ether oxygens (including phenoxy) is 2. The van der Waals surface area contributed by atoms with Crippen molar-refractivity contribution in [2.75, 3.05) is 31.3 Å². The van der Waals surface area contributed by atoms with E-state index >= 15 is 0 Å². The smallest absolute Gasteiger partial charge is 0.244 e. The number of methoxy groups -OCH3 is 2. The van der Waals surface area contributed by atoms with Crippen LogP contribution >= 0.6 is 15.9 Å². The molecule has 192 valence electrons. The number of carbonyl (C=O) groups is 2. The quantitative estimate of drug-likeness (QED) is 0.445. The predicted molar refractivity (Wildman–Crippen MR) is 139 cm³/mol. The molecule has 11 heteroatoms. The Morgan fingerprint density at radius 2 is 1.74 bits per heavy atom. The van der Waals surface area contributed by atoms with Crippen LogP contribution in [0, 0.1) is 0 Å². The van der Waals surface area contributed by atoms with Crippen LogP contribution < -0.4 is 19.1 Å². The molecule has 1 N–H and O–H groups in total. The first-order valence-electron chi connectivity index (χ1n) is 10.9. The first kappa shape index (κ1) is 28.4. The van der Waals surface area contributed by atoms with Crippen LogP contribution in [-0.4, -0.2) is 64.2 Å². The highest BCUT2D eigenvalue weighted by molar-refractivity contribution is 9.10. The molecule has 0 aliphatic rings. The molecule has 9 nitrogen and oxygen atoms in total. The van der Waals surface area contributed by atoms with Crippen LogP contribution in [0.2, 0.25) is 0 Å². The summed E-state index contributed by atoms with van der Waals surface area (Å²) in [6.07, 6.45) is 1.01. The summed E-state index contributed by atoms with van der Waals surface area (Å²) in [7, 11) is -1.04. The molecule has 2 aromatic rings. The van der Waals surface area contributed by atoms with Crippen molar-refractivity contribution >= 4 is 43.5 Å². The van der Waals surface area contributed by atoms with Crippen molar-refractivity contribution in [1.29, 1.82) is 0 Å². The van der Waals surface area contributed by atoms with Crippen LogP contribution in [0.25, 0.3) is 0 Å². The van der Waals surface area contributed by atoms with E-state index in [0.29, 0.717) is 5.75 Å². The van der Waals surface area contributed by atoms with Gasteiger partial charge in [0.2, 0.25) is 21.8 Å². The Balaban J connectivity index is 2.49. The average molecular weight is 571 g/mol. The van der Waals surface area contributed by atoms with E-state index in [4.69, 9.17) is 9.47 Å². The van der Waals surface area contributed by atoms with Gasteiger partial charge in [-0.1, -0.05) is 28.1 Å². The van der Waals surface area contributed by atoms with E-state index < -0.39 is 28.5 Å². The number of rotatable bonds is 11. The molecule has 0 fully saturated rings. The van der Waals surface area contributed by atoms with E-state index in [9.17, 15) is 18.0 Å². The first-order valence-corrected chi connectivity index (χ1v) is 13.6. The van der Waals surface area contributed by atoms with Crippen LogP contribution in [0.1, 0.15) is 26.3 Å². The van der Waals surface area contributed by atoms with Crippen LogP contribution in [0.5, 0.6) is 11.5 Å². The zero-order chi connectivity index (χ0) is 26.3. The highest BCUT2D eigenvalue weighted by Gasteiger charge is 2.31. The average Bonchev–Trinajstić information content (AvgIpc) is 2.78. The third-order valence-corrected chi connectivity index (χ3v) is 6.79. The van der Waals surface area contributed by atoms with Gasteiger partial charge in [0, 0.05) is 23.1 Å². The minimum Gasteiger partial charge on any atom is -0.497 e. The van der Waals surface area contributed by atoms with Gasteiger partial charge >= 0.3 is 0 Å². The van der Waals surface area contributed by atoms with Gasteiger partial charge in [-0.3, -0.25) is 13.9 Å². The fraction of sp³-hybridized carbons (Fsp3) is 0.417. The maximum Gasteiger partial charge on any atom is 0.244 e. The minimum atomic E-state index is -3.91. The minimum absolute atomic E-state index is 0.109. The topological polar surface area (TPSA) is 105 Å². The van der Waals surface area contributed by atoms with Gasteiger partial charge in [0.15, 0.2) is 0 Å². The second-order valence-corrected chi connectivity index (χ2v) is 11.1. The Kier molecular flexibility index (Phi) is 9.96. The number of amides is 2. The molecular formula is C24H32BrN3O6S. The van der Waals surface area contributed by atoms with Crippen LogP contribution in [-0.2, 0) is 26.2 Å².